The average molecular weight is 341 g/mol. The fourth-order valence-corrected chi connectivity index (χ4v) is 2.20. The summed E-state index contributed by atoms with van der Waals surface area (Å²) < 4.78 is 10.1. The second-order valence-corrected chi connectivity index (χ2v) is 6.99. The SMILES string of the molecule is CCCCCC(C)CCC(=O)O.NC(=O)C(O)CP(=O)(O)O. The van der Waals surface area contributed by atoms with Crippen molar-refractivity contribution in [2.45, 2.75) is 58.5 Å². The summed E-state index contributed by atoms with van der Waals surface area (Å²) >= 11 is 0. The molecule has 132 valence electrons. The van der Waals surface area contributed by atoms with Crippen molar-refractivity contribution in [1.82, 2.24) is 0 Å². The molecule has 0 bridgehead atoms. The van der Waals surface area contributed by atoms with Crippen molar-refractivity contribution in [3.8, 4) is 0 Å². The number of carbonyl (C=O) groups excluding carboxylic acids is 1. The first kappa shape index (κ1) is 23.3. The van der Waals surface area contributed by atoms with Gasteiger partial charge in [0.2, 0.25) is 5.91 Å². The summed E-state index contributed by atoms with van der Waals surface area (Å²) in [5.74, 6) is -1.23. The third kappa shape index (κ3) is 19.1. The molecule has 2 unspecified atom stereocenters. The Bertz CT molecular complexity index is 369. The van der Waals surface area contributed by atoms with Crippen molar-refractivity contribution in [3.63, 3.8) is 0 Å². The molecule has 0 spiro atoms. The van der Waals surface area contributed by atoms with Gasteiger partial charge < -0.3 is 25.7 Å². The van der Waals surface area contributed by atoms with E-state index in [9.17, 15) is 14.2 Å². The Hall–Kier alpha value is -0.950. The van der Waals surface area contributed by atoms with Crippen molar-refractivity contribution < 1.29 is 34.2 Å². The number of aliphatic hydroxyl groups is 1. The van der Waals surface area contributed by atoms with E-state index >= 15 is 0 Å². The van der Waals surface area contributed by atoms with Crippen LogP contribution in [0.25, 0.3) is 0 Å². The van der Waals surface area contributed by atoms with Gasteiger partial charge in [0.05, 0.1) is 6.16 Å². The molecule has 2 atom stereocenters. The summed E-state index contributed by atoms with van der Waals surface area (Å²) in [5.41, 5.74) is 4.51. The van der Waals surface area contributed by atoms with Gasteiger partial charge >= 0.3 is 13.6 Å². The van der Waals surface area contributed by atoms with Crippen LogP contribution < -0.4 is 5.73 Å². The average Bonchev–Trinajstić information content (AvgIpc) is 2.35. The van der Waals surface area contributed by atoms with Crippen LogP contribution in [0.3, 0.4) is 0 Å². The third-order valence-corrected chi connectivity index (χ3v) is 3.71. The number of rotatable bonds is 10. The number of aliphatic carboxylic acids is 1. The number of hydrogen-bond acceptors (Lipinski definition) is 4. The van der Waals surface area contributed by atoms with Crippen LogP contribution in [0.2, 0.25) is 0 Å². The lowest BCUT2D eigenvalue weighted by molar-refractivity contribution is -0.137. The number of amides is 1. The molecule has 0 rings (SSSR count). The van der Waals surface area contributed by atoms with Crippen LogP contribution in [-0.2, 0) is 14.2 Å². The van der Waals surface area contributed by atoms with Crippen LogP contribution in [0.4, 0.5) is 0 Å². The van der Waals surface area contributed by atoms with Crippen LogP contribution in [0.15, 0.2) is 0 Å². The number of aliphatic hydroxyl groups excluding tert-OH is 1. The van der Waals surface area contributed by atoms with Gasteiger partial charge in [0.15, 0.2) is 0 Å². The molecule has 0 aromatic rings. The number of carboxylic acids is 1. The van der Waals surface area contributed by atoms with E-state index in [1.165, 1.54) is 25.7 Å². The molecular formula is C13H28NO7P. The van der Waals surface area contributed by atoms with E-state index in [4.69, 9.17) is 20.0 Å². The van der Waals surface area contributed by atoms with Crippen LogP contribution in [0, 0.1) is 5.92 Å². The molecule has 0 aliphatic carbocycles. The Balaban J connectivity index is 0. The molecule has 0 aromatic heterocycles. The Morgan fingerprint density at radius 2 is 1.73 bits per heavy atom. The highest BCUT2D eigenvalue weighted by molar-refractivity contribution is 7.51. The first-order valence-corrected chi connectivity index (χ1v) is 9.03. The van der Waals surface area contributed by atoms with E-state index in [2.05, 4.69) is 19.6 Å². The van der Waals surface area contributed by atoms with Gasteiger partial charge in [0.25, 0.3) is 0 Å². The molecule has 0 saturated carbocycles. The number of carboxylic acid groups (broad SMARTS) is 1. The molecular weight excluding hydrogens is 313 g/mol. The molecule has 0 fully saturated rings. The molecule has 0 aliphatic rings. The Labute approximate surface area is 130 Å². The molecule has 9 heteroatoms. The van der Waals surface area contributed by atoms with Gasteiger partial charge in [-0.15, -0.1) is 0 Å². The van der Waals surface area contributed by atoms with Crippen molar-refractivity contribution in [2.75, 3.05) is 6.16 Å². The second-order valence-electron chi connectivity index (χ2n) is 5.30. The summed E-state index contributed by atoms with van der Waals surface area (Å²) in [4.78, 5) is 36.6. The molecule has 22 heavy (non-hydrogen) atoms. The van der Waals surface area contributed by atoms with Crippen molar-refractivity contribution in [2.24, 2.45) is 11.7 Å². The van der Waals surface area contributed by atoms with Crippen LogP contribution >= 0.6 is 7.60 Å². The van der Waals surface area contributed by atoms with E-state index in [1.807, 2.05) is 0 Å². The van der Waals surface area contributed by atoms with Crippen molar-refractivity contribution in [1.29, 1.82) is 0 Å². The minimum absolute atomic E-state index is 0.327. The first-order valence-electron chi connectivity index (χ1n) is 7.23. The fourth-order valence-electron chi connectivity index (χ4n) is 1.57. The monoisotopic (exact) mass is 341 g/mol. The number of hydrogen-bond donors (Lipinski definition) is 5. The summed E-state index contributed by atoms with van der Waals surface area (Å²) in [5, 5.41) is 16.9. The van der Waals surface area contributed by atoms with Gasteiger partial charge in [0.1, 0.15) is 6.10 Å². The second kappa shape index (κ2) is 12.6. The number of carbonyl (C=O) groups is 2. The van der Waals surface area contributed by atoms with E-state index in [0.717, 1.165) is 6.42 Å². The molecule has 6 N–H and O–H groups in total. The molecule has 8 nitrogen and oxygen atoms in total. The lowest BCUT2D eigenvalue weighted by Gasteiger charge is -2.08. The van der Waals surface area contributed by atoms with Crippen LogP contribution in [0.5, 0.6) is 0 Å². The summed E-state index contributed by atoms with van der Waals surface area (Å²) in [6.45, 7) is 4.32. The van der Waals surface area contributed by atoms with Gasteiger partial charge in [-0.25, -0.2) is 0 Å². The number of nitrogens with two attached hydrogens (primary N) is 1. The quantitative estimate of drug-likeness (QED) is 0.294. The number of unbranched alkanes of at least 4 members (excludes halogenated alkanes) is 2. The zero-order valence-corrected chi connectivity index (χ0v) is 14.0. The van der Waals surface area contributed by atoms with Crippen molar-refractivity contribution in [3.05, 3.63) is 0 Å². The zero-order valence-electron chi connectivity index (χ0n) is 13.1. The van der Waals surface area contributed by atoms with Crippen molar-refractivity contribution >= 4 is 19.5 Å². The summed E-state index contributed by atoms with van der Waals surface area (Å²) in [6, 6.07) is 0. The van der Waals surface area contributed by atoms with Crippen LogP contribution in [0.1, 0.15) is 52.4 Å². The molecule has 0 radical (unpaired) electrons. The smallest absolute Gasteiger partial charge is 0.328 e. The summed E-state index contributed by atoms with van der Waals surface area (Å²) in [6.07, 6.45) is 3.43. The maximum atomic E-state index is 10.2. The van der Waals surface area contributed by atoms with Gasteiger partial charge in [-0.05, 0) is 12.3 Å². The summed E-state index contributed by atoms with van der Waals surface area (Å²) in [7, 11) is -4.33. The van der Waals surface area contributed by atoms with Crippen LogP contribution in [-0.4, -0.2) is 44.1 Å². The molecule has 0 heterocycles. The Kier molecular flexibility index (Phi) is 13.3. The standard InChI is InChI=1S/C10H20O2.C3H8NO5P/c1-3-4-5-6-9(2)7-8-10(11)12;4-3(6)2(5)1-10(7,8)9/h9H,3-8H2,1-2H3,(H,11,12);2,5H,1H2,(H2,4,6)(H2,7,8,9). The first-order chi connectivity index (χ1) is 9.99. The largest absolute Gasteiger partial charge is 0.481 e. The lowest BCUT2D eigenvalue weighted by Crippen LogP contribution is -2.31. The fraction of sp³-hybridized carbons (Fsp3) is 0.846. The highest BCUT2D eigenvalue weighted by atomic mass is 31.2. The Morgan fingerprint density at radius 3 is 2.05 bits per heavy atom. The predicted octanol–water partition coefficient (Wildman–Crippen LogP) is 1.08. The molecule has 1 amide bonds. The van der Waals surface area contributed by atoms with Gasteiger partial charge in [-0.2, -0.15) is 0 Å². The van der Waals surface area contributed by atoms with Gasteiger partial charge in [-0.1, -0.05) is 39.5 Å². The van der Waals surface area contributed by atoms with E-state index in [-0.39, 0.29) is 0 Å². The van der Waals surface area contributed by atoms with E-state index < -0.39 is 31.7 Å². The predicted molar refractivity (Wildman–Crippen MR) is 82.3 cm³/mol. The minimum atomic E-state index is -4.33. The highest BCUT2D eigenvalue weighted by Crippen LogP contribution is 2.34. The molecule has 0 aromatic carbocycles. The lowest BCUT2D eigenvalue weighted by atomic mass is 9.98. The Morgan fingerprint density at radius 1 is 1.18 bits per heavy atom. The van der Waals surface area contributed by atoms with Gasteiger partial charge in [0, 0.05) is 6.42 Å². The maximum Gasteiger partial charge on any atom is 0.328 e. The zero-order chi connectivity index (χ0) is 17.8. The number of primary amides is 1. The third-order valence-electron chi connectivity index (χ3n) is 2.89. The highest BCUT2D eigenvalue weighted by Gasteiger charge is 2.23. The van der Waals surface area contributed by atoms with Gasteiger partial charge in [-0.3, -0.25) is 14.2 Å². The topological polar surface area (TPSA) is 158 Å². The molecule has 0 aliphatic heterocycles. The van der Waals surface area contributed by atoms with E-state index in [0.29, 0.717) is 12.3 Å². The maximum absolute atomic E-state index is 10.2. The molecule has 0 saturated heterocycles. The normalized spacial score (nSPS) is 13.7. The van der Waals surface area contributed by atoms with E-state index in [1.54, 1.807) is 0 Å². The minimum Gasteiger partial charge on any atom is -0.481 e.